The van der Waals surface area contributed by atoms with Gasteiger partial charge in [-0.1, -0.05) is 6.08 Å². The largest absolute Gasteiger partial charge is 0.377 e. The molecule has 3 rings (SSSR count). The molecule has 2 aliphatic heterocycles. The first kappa shape index (κ1) is 8.78. The predicted molar refractivity (Wildman–Crippen MR) is 58.0 cm³/mol. The molecule has 0 aromatic rings. The maximum Gasteiger partial charge on any atom is 0.0207 e. The van der Waals surface area contributed by atoms with Gasteiger partial charge in [0.2, 0.25) is 0 Å². The minimum absolute atomic E-state index is 0.766. The third-order valence-corrected chi connectivity index (χ3v) is 4.31. The van der Waals surface area contributed by atoms with Crippen LogP contribution in [0, 0.1) is 11.3 Å². The van der Waals surface area contributed by atoms with Crippen molar-refractivity contribution in [2.45, 2.75) is 25.7 Å². The molecule has 0 bridgehead atoms. The second-order valence-corrected chi connectivity index (χ2v) is 5.18. The van der Waals surface area contributed by atoms with Crippen molar-refractivity contribution < 1.29 is 0 Å². The first-order valence-corrected chi connectivity index (χ1v) is 6.01. The summed E-state index contributed by atoms with van der Waals surface area (Å²) >= 11 is 0. The van der Waals surface area contributed by atoms with E-state index in [-0.39, 0.29) is 0 Å². The van der Waals surface area contributed by atoms with Gasteiger partial charge in [-0.25, -0.2) is 0 Å². The Balaban J connectivity index is 1.54. The van der Waals surface area contributed by atoms with E-state index in [2.05, 4.69) is 22.5 Å². The molecule has 1 spiro atoms. The molecular weight excluding hydrogens is 172 g/mol. The van der Waals surface area contributed by atoms with Crippen molar-refractivity contribution >= 4 is 0 Å². The van der Waals surface area contributed by atoms with E-state index in [1.807, 2.05) is 0 Å². The van der Waals surface area contributed by atoms with Gasteiger partial charge in [0, 0.05) is 13.1 Å². The maximum absolute atomic E-state index is 3.47. The monoisotopic (exact) mass is 192 g/mol. The van der Waals surface area contributed by atoms with Gasteiger partial charge in [0.05, 0.1) is 0 Å². The fourth-order valence-corrected chi connectivity index (χ4v) is 3.20. The quantitative estimate of drug-likeness (QED) is 0.715. The standard InChI is InChI=1S/C12H20N2/c1-2-8-14(7-1)10-11-9-12(11)3-5-13-6-4-12/h1,7,11,13H,2-6,8-10H2/t11-/m1/s1. The fraction of sp³-hybridized carbons (Fsp3) is 0.833. The predicted octanol–water partition coefficient (Wildman–Crippen LogP) is 1.60. The molecule has 0 aromatic carbocycles. The van der Waals surface area contributed by atoms with Crippen LogP contribution in [-0.2, 0) is 0 Å². The highest BCUT2D eigenvalue weighted by Crippen LogP contribution is 2.58. The molecule has 0 amide bonds. The second-order valence-electron chi connectivity index (χ2n) is 5.18. The minimum Gasteiger partial charge on any atom is -0.377 e. The van der Waals surface area contributed by atoms with E-state index in [0.717, 1.165) is 11.3 Å². The number of piperidine rings is 1. The van der Waals surface area contributed by atoms with E-state index in [4.69, 9.17) is 0 Å². The van der Waals surface area contributed by atoms with E-state index >= 15 is 0 Å². The Bertz CT molecular complexity index is 241. The van der Waals surface area contributed by atoms with Crippen LogP contribution in [0.3, 0.4) is 0 Å². The average Bonchev–Trinajstić information content (AvgIpc) is 2.67. The summed E-state index contributed by atoms with van der Waals surface area (Å²) < 4.78 is 0. The van der Waals surface area contributed by atoms with Crippen molar-refractivity contribution in [1.29, 1.82) is 0 Å². The second kappa shape index (κ2) is 3.27. The van der Waals surface area contributed by atoms with Crippen LogP contribution in [0.5, 0.6) is 0 Å². The van der Waals surface area contributed by atoms with Crippen LogP contribution in [0.15, 0.2) is 12.3 Å². The van der Waals surface area contributed by atoms with Crippen molar-refractivity contribution in [3.63, 3.8) is 0 Å². The van der Waals surface area contributed by atoms with Crippen molar-refractivity contribution in [3.8, 4) is 0 Å². The summed E-state index contributed by atoms with van der Waals surface area (Å²) in [5.41, 5.74) is 0.766. The van der Waals surface area contributed by atoms with Gasteiger partial charge in [-0.15, -0.1) is 0 Å². The molecule has 2 heteroatoms. The summed E-state index contributed by atoms with van der Waals surface area (Å²) in [6, 6.07) is 0. The normalized spacial score (nSPS) is 34.0. The lowest BCUT2D eigenvalue weighted by Gasteiger charge is -2.25. The van der Waals surface area contributed by atoms with Crippen LogP contribution in [-0.4, -0.2) is 31.1 Å². The van der Waals surface area contributed by atoms with E-state index in [1.54, 1.807) is 0 Å². The van der Waals surface area contributed by atoms with Crippen LogP contribution in [0.1, 0.15) is 25.7 Å². The zero-order chi connectivity index (χ0) is 9.43. The molecule has 1 aliphatic carbocycles. The Hall–Kier alpha value is -0.500. The summed E-state index contributed by atoms with van der Waals surface area (Å²) in [6.45, 7) is 5.11. The molecule has 78 valence electrons. The van der Waals surface area contributed by atoms with Crippen LogP contribution >= 0.6 is 0 Å². The number of hydrogen-bond donors (Lipinski definition) is 1. The first-order valence-electron chi connectivity index (χ1n) is 6.01. The highest BCUT2D eigenvalue weighted by atomic mass is 15.1. The van der Waals surface area contributed by atoms with Crippen LogP contribution < -0.4 is 5.32 Å². The smallest absolute Gasteiger partial charge is 0.0207 e. The molecule has 14 heavy (non-hydrogen) atoms. The Kier molecular flexibility index (Phi) is 2.05. The molecule has 1 saturated carbocycles. The first-order chi connectivity index (χ1) is 6.89. The number of nitrogens with zero attached hydrogens (tertiary/aromatic N) is 1. The van der Waals surface area contributed by atoms with Gasteiger partial charge in [0.1, 0.15) is 0 Å². The highest BCUT2D eigenvalue weighted by Gasteiger charge is 2.53. The zero-order valence-electron chi connectivity index (χ0n) is 8.84. The van der Waals surface area contributed by atoms with Gasteiger partial charge in [-0.2, -0.15) is 0 Å². The van der Waals surface area contributed by atoms with Crippen molar-refractivity contribution in [1.82, 2.24) is 10.2 Å². The number of hydrogen-bond acceptors (Lipinski definition) is 2. The molecule has 1 atom stereocenters. The van der Waals surface area contributed by atoms with E-state index in [0.29, 0.717) is 0 Å². The van der Waals surface area contributed by atoms with Crippen molar-refractivity contribution in [2.75, 3.05) is 26.2 Å². The molecule has 2 fully saturated rings. The lowest BCUT2D eigenvalue weighted by molar-refractivity contribution is 0.286. The fourth-order valence-electron chi connectivity index (χ4n) is 3.20. The molecule has 0 unspecified atom stereocenters. The zero-order valence-corrected chi connectivity index (χ0v) is 8.84. The average molecular weight is 192 g/mol. The molecular formula is C12H20N2. The molecule has 1 N–H and O–H groups in total. The SMILES string of the molecule is C1=CN(C[C@H]2CC23CCNCC3)CC1. The van der Waals surface area contributed by atoms with Crippen LogP contribution in [0.25, 0.3) is 0 Å². The summed E-state index contributed by atoms with van der Waals surface area (Å²) in [7, 11) is 0. The van der Waals surface area contributed by atoms with Gasteiger partial charge in [-0.05, 0) is 56.3 Å². The van der Waals surface area contributed by atoms with E-state index in [1.165, 1.54) is 51.9 Å². The van der Waals surface area contributed by atoms with Gasteiger partial charge >= 0.3 is 0 Å². The third-order valence-electron chi connectivity index (χ3n) is 4.31. The summed E-state index contributed by atoms with van der Waals surface area (Å²) in [6.07, 6.45) is 10.2. The van der Waals surface area contributed by atoms with Gasteiger partial charge in [0.25, 0.3) is 0 Å². The number of rotatable bonds is 2. The molecule has 3 aliphatic rings. The Labute approximate surface area is 86.4 Å². The maximum atomic E-state index is 3.47. The van der Waals surface area contributed by atoms with Crippen LogP contribution in [0.4, 0.5) is 0 Å². The molecule has 0 radical (unpaired) electrons. The summed E-state index contributed by atoms with van der Waals surface area (Å²) in [5.74, 6) is 1.01. The lowest BCUT2D eigenvalue weighted by atomic mass is 9.92. The molecule has 1 saturated heterocycles. The van der Waals surface area contributed by atoms with E-state index in [9.17, 15) is 0 Å². The molecule has 2 nitrogen and oxygen atoms in total. The third kappa shape index (κ3) is 1.46. The van der Waals surface area contributed by atoms with Gasteiger partial charge in [-0.3, -0.25) is 0 Å². The van der Waals surface area contributed by atoms with Crippen LogP contribution in [0.2, 0.25) is 0 Å². The number of nitrogens with one attached hydrogen (secondary N) is 1. The Morgan fingerprint density at radius 2 is 2.21 bits per heavy atom. The summed E-state index contributed by atoms with van der Waals surface area (Å²) in [4.78, 5) is 2.52. The van der Waals surface area contributed by atoms with Gasteiger partial charge in [0.15, 0.2) is 0 Å². The van der Waals surface area contributed by atoms with Crippen molar-refractivity contribution in [2.24, 2.45) is 11.3 Å². The Morgan fingerprint density at radius 1 is 1.36 bits per heavy atom. The molecule has 0 aromatic heterocycles. The van der Waals surface area contributed by atoms with Gasteiger partial charge < -0.3 is 10.2 Å². The highest BCUT2D eigenvalue weighted by molar-refractivity contribution is 5.07. The Morgan fingerprint density at radius 3 is 2.93 bits per heavy atom. The topological polar surface area (TPSA) is 15.3 Å². The summed E-state index contributed by atoms with van der Waals surface area (Å²) in [5, 5.41) is 3.47. The van der Waals surface area contributed by atoms with Crippen molar-refractivity contribution in [3.05, 3.63) is 12.3 Å². The lowest BCUT2D eigenvalue weighted by Crippen LogP contribution is -2.31. The van der Waals surface area contributed by atoms with E-state index < -0.39 is 0 Å². The molecule has 2 heterocycles. The minimum atomic E-state index is 0.766.